The van der Waals surface area contributed by atoms with E-state index < -0.39 is 27.4 Å². The van der Waals surface area contributed by atoms with Crippen molar-refractivity contribution < 1.29 is 22.0 Å². The molecular weight excluding hydrogens is 438 g/mol. The number of rotatable bonds is 4. The third-order valence-corrected chi connectivity index (χ3v) is 6.83. The number of fused-ring (bicyclic) bond motifs is 1. The van der Waals surface area contributed by atoms with Gasteiger partial charge in [-0.15, -0.1) is 0 Å². The molecule has 1 amide bonds. The molecule has 2 aromatic rings. The summed E-state index contributed by atoms with van der Waals surface area (Å²) < 4.78 is 51.5. The van der Waals surface area contributed by atoms with Crippen LogP contribution in [0.2, 0.25) is 0 Å². The Morgan fingerprint density at radius 2 is 1.88 bits per heavy atom. The first kappa shape index (κ1) is 22.5. The van der Waals surface area contributed by atoms with Crippen molar-refractivity contribution in [2.75, 3.05) is 25.0 Å². The topological polar surface area (TPSA) is 105 Å². The van der Waals surface area contributed by atoms with E-state index in [1.165, 1.54) is 18.2 Å². The van der Waals surface area contributed by atoms with Crippen molar-refractivity contribution >= 4 is 27.7 Å². The summed E-state index contributed by atoms with van der Waals surface area (Å²) in [6.45, 7) is 0.413. The Labute approximate surface area is 184 Å². The first-order chi connectivity index (χ1) is 15.1. The Bertz CT molecular complexity index is 1270. The van der Waals surface area contributed by atoms with Crippen molar-refractivity contribution in [1.82, 2.24) is 4.90 Å². The third kappa shape index (κ3) is 4.57. The smallest absolute Gasteiger partial charge is 0.250 e. The monoisotopic (exact) mass is 462 g/mol. The van der Waals surface area contributed by atoms with E-state index in [4.69, 9.17) is 5.14 Å². The lowest BCUT2D eigenvalue weighted by atomic mass is 9.91. The van der Waals surface area contributed by atoms with Crippen LogP contribution in [0.1, 0.15) is 19.3 Å². The predicted octanol–water partition coefficient (Wildman–Crippen LogP) is 1.25. The molecule has 3 N–H and O–H groups in total. The van der Waals surface area contributed by atoms with Crippen LogP contribution in [0, 0.1) is 0 Å². The minimum absolute atomic E-state index is 0.0336. The maximum Gasteiger partial charge on any atom is 0.250 e. The standard InChI is InChI=1S/C22H24F2N4O3S/c23-22(24)9-4-11-28(12-10-22)21(14-16-5-1-2-8-19(16)26-15-21)20(29)27-17-6-3-7-18(13-17)32(25,30)31/h1-3,5-8,13-14H,4,9-12,15H2,(H,27,29)(H2,25,30,31). The fourth-order valence-corrected chi connectivity index (χ4v) is 4.75. The second-order valence-corrected chi connectivity index (χ2v) is 9.73. The fraction of sp³-hybridized carbons (Fsp3) is 0.364. The van der Waals surface area contributed by atoms with Gasteiger partial charge in [-0.2, -0.15) is 0 Å². The van der Waals surface area contributed by atoms with E-state index in [1.807, 2.05) is 24.3 Å². The summed E-state index contributed by atoms with van der Waals surface area (Å²) in [6.07, 6.45) is 1.44. The summed E-state index contributed by atoms with van der Waals surface area (Å²) in [5.74, 6) is -3.24. The number of nitrogens with two attached hydrogens (primary N) is 1. The highest BCUT2D eigenvalue weighted by molar-refractivity contribution is 7.89. The Morgan fingerprint density at radius 3 is 2.66 bits per heavy atom. The molecule has 4 rings (SSSR count). The van der Waals surface area contributed by atoms with Crippen molar-refractivity contribution in [1.29, 1.82) is 0 Å². The number of anilines is 1. The minimum Gasteiger partial charge on any atom is -0.324 e. The lowest BCUT2D eigenvalue weighted by molar-refractivity contribution is -0.124. The molecule has 32 heavy (non-hydrogen) atoms. The molecule has 0 bridgehead atoms. The van der Waals surface area contributed by atoms with E-state index >= 15 is 0 Å². The lowest BCUT2D eigenvalue weighted by Gasteiger charge is -2.40. The van der Waals surface area contributed by atoms with E-state index in [0.717, 1.165) is 10.6 Å². The molecule has 0 radical (unpaired) electrons. The molecule has 1 fully saturated rings. The van der Waals surface area contributed by atoms with E-state index in [2.05, 4.69) is 10.3 Å². The summed E-state index contributed by atoms with van der Waals surface area (Å²) in [5.41, 5.74) is -1.04. The molecule has 0 aromatic heterocycles. The molecule has 1 unspecified atom stereocenters. The number of sulfonamides is 1. The second-order valence-electron chi connectivity index (χ2n) is 8.17. The maximum atomic E-state index is 14.0. The second kappa shape index (κ2) is 8.34. The molecule has 170 valence electrons. The number of primary sulfonamides is 1. The van der Waals surface area contributed by atoms with Gasteiger partial charge in [-0.05, 0) is 48.5 Å². The van der Waals surface area contributed by atoms with Crippen molar-refractivity contribution in [3.8, 4) is 0 Å². The third-order valence-electron chi connectivity index (χ3n) is 5.92. The van der Waals surface area contributed by atoms with Gasteiger partial charge in [0.15, 0.2) is 0 Å². The van der Waals surface area contributed by atoms with Crippen LogP contribution in [-0.4, -0.2) is 50.3 Å². The van der Waals surface area contributed by atoms with Crippen LogP contribution in [0.3, 0.4) is 0 Å². The molecule has 1 atom stereocenters. The van der Waals surface area contributed by atoms with Crippen molar-refractivity contribution in [3.63, 3.8) is 0 Å². The molecule has 0 spiro atoms. The van der Waals surface area contributed by atoms with Gasteiger partial charge in [0, 0.05) is 25.1 Å². The molecular formula is C22H24F2N4O3S. The van der Waals surface area contributed by atoms with Gasteiger partial charge in [-0.3, -0.25) is 14.7 Å². The first-order valence-electron chi connectivity index (χ1n) is 10.3. The molecule has 10 heteroatoms. The average Bonchev–Trinajstić information content (AvgIpc) is 2.93. The number of hydrogen-bond donors (Lipinski definition) is 2. The Morgan fingerprint density at radius 1 is 1.09 bits per heavy atom. The van der Waals surface area contributed by atoms with Gasteiger partial charge in [0.2, 0.25) is 15.9 Å². The zero-order valence-electron chi connectivity index (χ0n) is 17.3. The molecule has 2 aliphatic heterocycles. The summed E-state index contributed by atoms with van der Waals surface area (Å²) in [6, 6.07) is 12.9. The number of amides is 1. The molecule has 7 nitrogen and oxygen atoms in total. The molecule has 2 heterocycles. The van der Waals surface area contributed by atoms with Gasteiger partial charge < -0.3 is 5.32 Å². The van der Waals surface area contributed by atoms with E-state index in [-0.39, 0.29) is 42.9 Å². The van der Waals surface area contributed by atoms with Crippen LogP contribution in [-0.2, 0) is 14.8 Å². The fourth-order valence-electron chi connectivity index (χ4n) is 4.19. The summed E-state index contributed by atoms with van der Waals surface area (Å²) >= 11 is 0. The van der Waals surface area contributed by atoms with Crippen LogP contribution < -0.4 is 21.0 Å². The minimum atomic E-state index is -3.95. The molecule has 0 saturated carbocycles. The van der Waals surface area contributed by atoms with Crippen LogP contribution in [0.5, 0.6) is 0 Å². The average molecular weight is 463 g/mol. The van der Waals surface area contributed by atoms with Gasteiger partial charge in [-0.1, -0.05) is 24.3 Å². The number of hydrogen-bond acceptors (Lipinski definition) is 5. The van der Waals surface area contributed by atoms with Crippen molar-refractivity contribution in [3.05, 3.63) is 59.1 Å². The van der Waals surface area contributed by atoms with Crippen molar-refractivity contribution in [2.45, 2.75) is 35.6 Å². The predicted molar refractivity (Wildman–Crippen MR) is 116 cm³/mol. The number of likely N-dealkylation sites (tertiary alicyclic amines) is 1. The number of carbonyl (C=O) groups excluding carboxylic acids is 1. The van der Waals surface area contributed by atoms with Gasteiger partial charge in [-0.25, -0.2) is 22.3 Å². The van der Waals surface area contributed by atoms with Gasteiger partial charge in [0.1, 0.15) is 5.54 Å². The Kier molecular flexibility index (Phi) is 5.87. The van der Waals surface area contributed by atoms with Crippen molar-refractivity contribution in [2.24, 2.45) is 10.1 Å². The van der Waals surface area contributed by atoms with E-state index in [1.54, 1.807) is 17.0 Å². The maximum absolute atomic E-state index is 14.0. The molecule has 0 aliphatic carbocycles. The number of carbonyl (C=O) groups is 1. The van der Waals surface area contributed by atoms with E-state index in [9.17, 15) is 22.0 Å². The summed E-state index contributed by atoms with van der Waals surface area (Å²) in [7, 11) is -3.95. The van der Waals surface area contributed by atoms with E-state index in [0.29, 0.717) is 6.54 Å². The SMILES string of the molecule is NS(=O)(=O)c1cccc(NC(=O)C2(N3CCCC(F)(F)CC3)C=c3ccccc3=NC2)c1. The van der Waals surface area contributed by atoms with Gasteiger partial charge in [0.25, 0.3) is 5.91 Å². The highest BCUT2D eigenvalue weighted by Crippen LogP contribution is 2.32. The van der Waals surface area contributed by atoms with Crippen LogP contribution in [0.25, 0.3) is 6.08 Å². The van der Waals surface area contributed by atoms with Crippen LogP contribution in [0.15, 0.2) is 58.4 Å². The summed E-state index contributed by atoms with van der Waals surface area (Å²) in [4.78, 5) is 19.8. The number of alkyl halides is 2. The number of halogens is 2. The Balaban J connectivity index is 1.74. The Hall–Kier alpha value is -2.69. The number of nitrogens with zero attached hydrogens (tertiary/aromatic N) is 2. The molecule has 2 aromatic carbocycles. The first-order valence-corrected chi connectivity index (χ1v) is 11.8. The highest BCUT2D eigenvalue weighted by Gasteiger charge is 2.45. The molecule has 2 aliphatic rings. The largest absolute Gasteiger partial charge is 0.324 e. The number of nitrogens with one attached hydrogen (secondary N) is 1. The molecule has 1 saturated heterocycles. The zero-order valence-corrected chi connectivity index (χ0v) is 18.1. The normalized spacial score (nSPS) is 23.2. The number of benzene rings is 2. The van der Waals surface area contributed by atoms with Gasteiger partial charge >= 0.3 is 0 Å². The van der Waals surface area contributed by atoms with Crippen LogP contribution in [0.4, 0.5) is 14.5 Å². The van der Waals surface area contributed by atoms with Crippen LogP contribution >= 0.6 is 0 Å². The zero-order chi connectivity index (χ0) is 23.0. The quantitative estimate of drug-likeness (QED) is 0.713. The highest BCUT2D eigenvalue weighted by atomic mass is 32.2. The van der Waals surface area contributed by atoms with Gasteiger partial charge in [0.05, 0.1) is 16.8 Å². The lowest BCUT2D eigenvalue weighted by Crippen LogP contribution is -2.61. The number of para-hydroxylation sites is 1. The summed E-state index contributed by atoms with van der Waals surface area (Å²) in [5, 5.41) is 9.42.